The first kappa shape index (κ1) is 23.2. The van der Waals surface area contributed by atoms with Gasteiger partial charge in [-0.15, -0.1) is 0 Å². The second-order valence-corrected chi connectivity index (χ2v) is 9.76. The number of carbonyl (C=O) groups excluding carboxylic acids is 1. The number of benzene rings is 2. The third-order valence-corrected chi connectivity index (χ3v) is 7.29. The van der Waals surface area contributed by atoms with Gasteiger partial charge in [0.25, 0.3) is 5.91 Å². The van der Waals surface area contributed by atoms with Gasteiger partial charge in [0, 0.05) is 55.0 Å². The number of hydrogen-bond acceptors (Lipinski definition) is 4. The largest absolute Gasteiger partial charge is 0.383 e. The molecule has 9 heteroatoms. The summed E-state index contributed by atoms with van der Waals surface area (Å²) in [5, 5.41) is 0.942. The molecular weight excluding hydrogens is 445 g/mol. The summed E-state index contributed by atoms with van der Waals surface area (Å²) in [5.41, 5.74) is 3.90. The number of nitrogens with one attached hydrogen (secondary N) is 2. The van der Waals surface area contributed by atoms with Crippen molar-refractivity contribution in [2.24, 2.45) is 0 Å². The first-order chi connectivity index (χ1) is 15.8. The highest BCUT2D eigenvalue weighted by atomic mass is 32.2. The van der Waals surface area contributed by atoms with Gasteiger partial charge in [-0.1, -0.05) is 12.1 Å². The van der Waals surface area contributed by atoms with Gasteiger partial charge >= 0.3 is 0 Å². The third kappa shape index (κ3) is 4.85. The van der Waals surface area contributed by atoms with E-state index in [0.29, 0.717) is 30.6 Å². The fraction of sp³-hybridized carbons (Fsp3) is 0.292. The molecule has 0 radical (unpaired) electrons. The number of aromatic amines is 1. The number of hydrogen-bond donors (Lipinski definition) is 2. The van der Waals surface area contributed by atoms with Gasteiger partial charge in [-0.25, -0.2) is 17.5 Å². The van der Waals surface area contributed by atoms with Crippen molar-refractivity contribution in [2.45, 2.75) is 18.2 Å². The Morgan fingerprint density at radius 3 is 2.79 bits per heavy atom. The topological polar surface area (TPSA) is 91.5 Å². The van der Waals surface area contributed by atoms with Crippen LogP contribution in [0.5, 0.6) is 0 Å². The fourth-order valence-corrected chi connectivity index (χ4v) is 5.03. The Kier molecular flexibility index (Phi) is 6.64. The molecule has 0 saturated heterocycles. The number of amides is 1. The third-order valence-electron chi connectivity index (χ3n) is 5.83. The highest BCUT2D eigenvalue weighted by Gasteiger charge is 2.24. The average Bonchev–Trinajstić information content (AvgIpc) is 3.22. The minimum absolute atomic E-state index is 0.0480. The van der Waals surface area contributed by atoms with Crippen LogP contribution in [0, 0.1) is 12.7 Å². The summed E-state index contributed by atoms with van der Waals surface area (Å²) in [6, 6.07) is 9.23. The van der Waals surface area contributed by atoms with Crippen LogP contribution in [0.15, 0.2) is 53.6 Å². The molecule has 2 aromatic carbocycles. The Bertz CT molecular complexity index is 1330. The smallest absolute Gasteiger partial charge is 0.254 e. The Morgan fingerprint density at radius 2 is 2.06 bits per heavy atom. The van der Waals surface area contributed by atoms with Crippen molar-refractivity contribution in [2.75, 3.05) is 33.4 Å². The molecule has 0 aliphatic carbocycles. The van der Waals surface area contributed by atoms with E-state index < -0.39 is 10.0 Å². The molecule has 7 nitrogen and oxygen atoms in total. The minimum Gasteiger partial charge on any atom is -0.383 e. The predicted octanol–water partition coefficient (Wildman–Crippen LogP) is 3.47. The number of carbonyl (C=O) groups is 1. The van der Waals surface area contributed by atoms with Crippen LogP contribution in [0.4, 0.5) is 4.39 Å². The number of aromatic nitrogens is 1. The quantitative estimate of drug-likeness (QED) is 0.516. The Balaban J connectivity index is 1.53. The second-order valence-electron chi connectivity index (χ2n) is 7.99. The van der Waals surface area contributed by atoms with Crippen LogP contribution < -0.4 is 4.72 Å². The number of rotatable bonds is 7. The molecule has 1 aromatic heterocycles. The van der Waals surface area contributed by atoms with E-state index in [9.17, 15) is 17.6 Å². The van der Waals surface area contributed by atoms with Crippen molar-refractivity contribution < 1.29 is 22.3 Å². The van der Waals surface area contributed by atoms with Crippen LogP contribution in [-0.2, 0) is 14.8 Å². The lowest BCUT2D eigenvalue weighted by Gasteiger charge is -2.27. The normalized spacial score (nSPS) is 14.5. The van der Waals surface area contributed by atoms with Crippen molar-refractivity contribution in [3.05, 3.63) is 71.2 Å². The number of H-pyrrole nitrogens is 1. The van der Waals surface area contributed by atoms with Crippen molar-refractivity contribution in [1.82, 2.24) is 14.6 Å². The van der Waals surface area contributed by atoms with Gasteiger partial charge in [0.15, 0.2) is 0 Å². The molecule has 1 amide bonds. The Hall–Kier alpha value is -3.01. The van der Waals surface area contributed by atoms with E-state index >= 15 is 0 Å². The van der Waals surface area contributed by atoms with Gasteiger partial charge in [-0.3, -0.25) is 4.79 Å². The zero-order valence-electron chi connectivity index (χ0n) is 18.5. The van der Waals surface area contributed by atoms with Crippen LogP contribution in [0.1, 0.15) is 27.9 Å². The van der Waals surface area contributed by atoms with Crippen LogP contribution in [0.2, 0.25) is 0 Å². The lowest BCUT2D eigenvalue weighted by Crippen LogP contribution is -2.35. The van der Waals surface area contributed by atoms with Gasteiger partial charge in [0.2, 0.25) is 10.0 Å². The lowest BCUT2D eigenvalue weighted by atomic mass is 9.98. The predicted molar refractivity (Wildman–Crippen MR) is 125 cm³/mol. The summed E-state index contributed by atoms with van der Waals surface area (Å²) >= 11 is 0. The molecule has 0 spiro atoms. The van der Waals surface area contributed by atoms with Crippen LogP contribution in [0.25, 0.3) is 16.5 Å². The average molecular weight is 472 g/mol. The molecular formula is C24H26FN3O4S. The molecule has 1 aliphatic rings. The summed E-state index contributed by atoms with van der Waals surface area (Å²) < 4.78 is 45.9. The molecule has 33 heavy (non-hydrogen) atoms. The highest BCUT2D eigenvalue weighted by Crippen LogP contribution is 2.30. The number of fused-ring (bicyclic) bond motifs is 1. The Labute approximate surface area is 192 Å². The maximum atomic E-state index is 13.5. The number of nitrogens with zero attached hydrogens (tertiary/aromatic N) is 1. The molecule has 4 rings (SSSR count). The molecule has 2 N–H and O–H groups in total. The number of methoxy groups -OCH3 is 1. The highest BCUT2D eigenvalue weighted by molar-refractivity contribution is 7.89. The van der Waals surface area contributed by atoms with Gasteiger partial charge < -0.3 is 14.6 Å². The van der Waals surface area contributed by atoms with Gasteiger partial charge in [0.05, 0.1) is 11.5 Å². The first-order valence-electron chi connectivity index (χ1n) is 10.6. The van der Waals surface area contributed by atoms with Crippen LogP contribution >= 0.6 is 0 Å². The first-order valence-corrected chi connectivity index (χ1v) is 12.1. The number of halogens is 1. The maximum absolute atomic E-state index is 13.5. The van der Waals surface area contributed by atoms with Crippen LogP contribution in [-0.4, -0.2) is 57.6 Å². The molecule has 1 aliphatic heterocycles. The maximum Gasteiger partial charge on any atom is 0.254 e. The minimum atomic E-state index is -3.74. The Morgan fingerprint density at radius 1 is 1.24 bits per heavy atom. The van der Waals surface area contributed by atoms with E-state index in [0.717, 1.165) is 22.0 Å². The molecule has 0 atom stereocenters. The van der Waals surface area contributed by atoms with E-state index in [2.05, 4.69) is 9.71 Å². The zero-order valence-corrected chi connectivity index (χ0v) is 19.3. The number of ether oxygens (including phenoxy) is 1. The summed E-state index contributed by atoms with van der Waals surface area (Å²) in [6.45, 7) is 3.10. The van der Waals surface area contributed by atoms with Gasteiger partial charge in [-0.2, -0.15) is 0 Å². The van der Waals surface area contributed by atoms with E-state index in [1.807, 2.05) is 12.3 Å². The van der Waals surface area contributed by atoms with Crippen molar-refractivity contribution in [3.8, 4) is 0 Å². The van der Waals surface area contributed by atoms with E-state index in [1.165, 1.54) is 31.4 Å². The fourth-order valence-electron chi connectivity index (χ4n) is 3.99. The molecule has 0 unspecified atom stereocenters. The molecule has 0 fully saturated rings. The molecule has 0 saturated carbocycles. The van der Waals surface area contributed by atoms with E-state index in [1.54, 1.807) is 24.0 Å². The van der Waals surface area contributed by atoms with Crippen molar-refractivity contribution in [3.63, 3.8) is 0 Å². The van der Waals surface area contributed by atoms with Crippen molar-refractivity contribution >= 4 is 32.4 Å². The van der Waals surface area contributed by atoms with Crippen molar-refractivity contribution in [1.29, 1.82) is 0 Å². The lowest BCUT2D eigenvalue weighted by molar-refractivity contribution is 0.0772. The molecule has 3 aromatic rings. The summed E-state index contributed by atoms with van der Waals surface area (Å²) in [7, 11) is -2.25. The molecule has 0 bridgehead atoms. The van der Waals surface area contributed by atoms with Gasteiger partial charge in [-0.05, 0) is 54.8 Å². The monoisotopic (exact) mass is 471 g/mol. The molecule has 2 heterocycles. The standard InChI is InChI=1S/C24H26FN3O4S/c1-16-3-5-19(33(30,31)27-9-12-32-2)14-21(16)24(29)28-10-7-17(8-11-28)22-15-26-23-13-18(25)4-6-20(22)23/h3-7,13-15,26-27H,8-12H2,1-2H3. The SMILES string of the molecule is COCCNS(=O)(=O)c1ccc(C)c(C(=O)N2CC=C(c3c[nH]c4cc(F)ccc34)CC2)c1. The molecule has 174 valence electrons. The zero-order chi connectivity index (χ0) is 23.6. The van der Waals surface area contributed by atoms with Crippen LogP contribution in [0.3, 0.4) is 0 Å². The van der Waals surface area contributed by atoms with E-state index in [-0.39, 0.29) is 29.8 Å². The number of aryl methyl sites for hydroxylation is 1. The summed E-state index contributed by atoms with van der Waals surface area (Å²) in [6.07, 6.45) is 4.50. The van der Waals surface area contributed by atoms with E-state index in [4.69, 9.17) is 4.74 Å². The van der Waals surface area contributed by atoms with Gasteiger partial charge in [0.1, 0.15) is 5.82 Å². The summed E-state index contributed by atoms with van der Waals surface area (Å²) in [5.74, 6) is -0.503. The summed E-state index contributed by atoms with van der Waals surface area (Å²) in [4.78, 5) is 18.1. The second kappa shape index (κ2) is 9.46. The number of sulfonamides is 1.